The lowest BCUT2D eigenvalue weighted by atomic mass is 9.82. The van der Waals surface area contributed by atoms with Crippen LogP contribution in [0.5, 0.6) is 0 Å². The lowest BCUT2D eigenvalue weighted by Crippen LogP contribution is -2.56. The molecule has 1 aliphatic rings. The van der Waals surface area contributed by atoms with Crippen molar-refractivity contribution in [2.75, 3.05) is 6.61 Å². The highest BCUT2D eigenvalue weighted by Crippen LogP contribution is 2.25. The van der Waals surface area contributed by atoms with Crippen LogP contribution in [0.3, 0.4) is 0 Å². The number of primary amides is 1. The molecule has 156 valence electrons. The second-order valence-electron chi connectivity index (χ2n) is 9.36. The van der Waals surface area contributed by atoms with Crippen molar-refractivity contribution in [3.63, 3.8) is 0 Å². The molecule has 4 N–H and O–H groups in total. The van der Waals surface area contributed by atoms with Crippen molar-refractivity contribution in [1.82, 2.24) is 10.6 Å². The molecule has 0 radical (unpaired) electrons. The zero-order valence-electron chi connectivity index (χ0n) is 17.4. The monoisotopic (exact) mass is 401 g/mol. The Morgan fingerprint density at radius 2 is 1.63 bits per heavy atom. The van der Waals surface area contributed by atoms with Crippen molar-refractivity contribution >= 4 is 26.2 Å². The Bertz CT molecular complexity index is 542. The van der Waals surface area contributed by atoms with Crippen LogP contribution in [-0.2, 0) is 14.3 Å². The molecule has 8 nitrogen and oxygen atoms in total. The Morgan fingerprint density at radius 3 is 2.15 bits per heavy atom. The van der Waals surface area contributed by atoms with Crippen LogP contribution in [-0.4, -0.2) is 50.5 Å². The first-order valence-corrected chi connectivity index (χ1v) is 13.2. The van der Waals surface area contributed by atoms with E-state index in [1.807, 2.05) is 0 Å². The topological polar surface area (TPSA) is 120 Å². The van der Waals surface area contributed by atoms with E-state index in [4.69, 9.17) is 15.2 Å². The van der Waals surface area contributed by atoms with Gasteiger partial charge in [-0.3, -0.25) is 4.79 Å². The van der Waals surface area contributed by atoms with Gasteiger partial charge in [0.05, 0.1) is 18.7 Å². The third-order valence-electron chi connectivity index (χ3n) is 4.34. The summed E-state index contributed by atoms with van der Waals surface area (Å²) in [6.07, 6.45) is 0.344. The van der Waals surface area contributed by atoms with E-state index in [1.165, 1.54) is 0 Å². The van der Waals surface area contributed by atoms with Crippen molar-refractivity contribution in [1.29, 1.82) is 0 Å². The Labute approximate surface area is 162 Å². The molecule has 0 aromatic rings. The van der Waals surface area contributed by atoms with Gasteiger partial charge in [0.15, 0.2) is 0 Å². The van der Waals surface area contributed by atoms with E-state index in [0.29, 0.717) is 25.9 Å². The second kappa shape index (κ2) is 9.43. The van der Waals surface area contributed by atoms with Crippen molar-refractivity contribution in [3.05, 3.63) is 0 Å². The summed E-state index contributed by atoms with van der Waals surface area (Å²) in [6.45, 7) is 12.3. The molecular weight excluding hydrogens is 366 g/mol. The fourth-order valence-electron chi connectivity index (χ4n) is 2.86. The average molecular weight is 402 g/mol. The molecule has 1 fully saturated rings. The minimum absolute atomic E-state index is 0.340. The number of nitrogens with one attached hydrogen (secondary N) is 2. The molecule has 0 bridgehead atoms. The van der Waals surface area contributed by atoms with Crippen LogP contribution in [0.15, 0.2) is 0 Å². The average Bonchev–Trinajstić information content (AvgIpc) is 2.45. The fraction of sp³-hybridized carbons (Fsp3) is 0.833. The van der Waals surface area contributed by atoms with Gasteiger partial charge >= 0.3 is 12.2 Å². The summed E-state index contributed by atoms with van der Waals surface area (Å²) < 4.78 is 10.6. The fourth-order valence-corrected chi connectivity index (χ4v) is 3.58. The lowest BCUT2D eigenvalue weighted by molar-refractivity contribution is -0.123. The molecular formula is C18H35N3O5Si. The van der Waals surface area contributed by atoms with Crippen LogP contribution >= 0.6 is 0 Å². The SMILES string of the molecule is CC(C)(C)OC(=O)N[C@H]1C[C@@H](C(N)=O)CC[C@@H]1NC(=O)OCC[Si](C)(C)C. The Kier molecular flexibility index (Phi) is 8.13. The number of amides is 3. The summed E-state index contributed by atoms with van der Waals surface area (Å²) in [5.41, 5.74) is 4.79. The molecule has 0 aromatic carbocycles. The van der Waals surface area contributed by atoms with E-state index in [1.54, 1.807) is 20.8 Å². The van der Waals surface area contributed by atoms with Gasteiger partial charge in [-0.25, -0.2) is 9.59 Å². The number of ether oxygens (including phenoxy) is 2. The largest absolute Gasteiger partial charge is 0.450 e. The molecule has 9 heteroatoms. The summed E-state index contributed by atoms with van der Waals surface area (Å²) >= 11 is 0. The summed E-state index contributed by atoms with van der Waals surface area (Å²) in [5.74, 6) is -0.743. The van der Waals surface area contributed by atoms with E-state index >= 15 is 0 Å². The smallest absolute Gasteiger partial charge is 0.407 e. The molecule has 0 spiro atoms. The van der Waals surface area contributed by atoms with Gasteiger partial charge < -0.3 is 25.8 Å². The Morgan fingerprint density at radius 1 is 1.04 bits per heavy atom. The quantitative estimate of drug-likeness (QED) is 0.591. The number of carbonyl (C=O) groups is 3. The van der Waals surface area contributed by atoms with E-state index < -0.39 is 37.8 Å². The van der Waals surface area contributed by atoms with Gasteiger partial charge in [-0.2, -0.15) is 0 Å². The summed E-state index contributed by atoms with van der Waals surface area (Å²) in [7, 11) is -1.29. The maximum absolute atomic E-state index is 12.1. The predicted molar refractivity (Wildman–Crippen MR) is 106 cm³/mol. The van der Waals surface area contributed by atoms with Gasteiger partial charge in [0.2, 0.25) is 5.91 Å². The first kappa shape index (κ1) is 23.3. The molecule has 0 saturated heterocycles. The molecule has 0 unspecified atom stereocenters. The van der Waals surface area contributed by atoms with E-state index in [2.05, 4.69) is 30.3 Å². The minimum Gasteiger partial charge on any atom is -0.450 e. The van der Waals surface area contributed by atoms with Crippen LogP contribution in [0, 0.1) is 5.92 Å². The normalized spacial score (nSPS) is 23.3. The van der Waals surface area contributed by atoms with Gasteiger partial charge in [-0.1, -0.05) is 19.6 Å². The molecule has 0 aromatic heterocycles. The molecule has 27 heavy (non-hydrogen) atoms. The predicted octanol–water partition coefficient (Wildman–Crippen LogP) is 2.60. The van der Waals surface area contributed by atoms with Gasteiger partial charge in [-0.15, -0.1) is 0 Å². The van der Waals surface area contributed by atoms with Crippen molar-refractivity contribution in [3.8, 4) is 0 Å². The van der Waals surface area contributed by atoms with Crippen molar-refractivity contribution in [2.24, 2.45) is 11.7 Å². The lowest BCUT2D eigenvalue weighted by Gasteiger charge is -2.36. The maximum atomic E-state index is 12.1. The highest BCUT2D eigenvalue weighted by Gasteiger charge is 2.36. The van der Waals surface area contributed by atoms with Crippen LogP contribution in [0.4, 0.5) is 9.59 Å². The minimum atomic E-state index is -1.29. The summed E-state index contributed by atoms with van der Waals surface area (Å²) in [6, 6.07) is 0.0946. The summed E-state index contributed by atoms with van der Waals surface area (Å²) in [5, 5.41) is 5.58. The zero-order chi connectivity index (χ0) is 20.8. The molecule has 1 saturated carbocycles. The highest BCUT2D eigenvalue weighted by atomic mass is 28.3. The van der Waals surface area contributed by atoms with Gasteiger partial charge in [-0.05, 0) is 46.1 Å². The first-order valence-electron chi connectivity index (χ1n) is 9.49. The number of nitrogens with two attached hydrogens (primary N) is 1. The van der Waals surface area contributed by atoms with Gasteiger partial charge in [0.1, 0.15) is 5.60 Å². The van der Waals surface area contributed by atoms with Crippen LogP contribution in [0.2, 0.25) is 25.7 Å². The molecule has 0 heterocycles. The van der Waals surface area contributed by atoms with Crippen molar-refractivity contribution < 1.29 is 23.9 Å². The van der Waals surface area contributed by atoms with E-state index in [-0.39, 0.29) is 12.0 Å². The van der Waals surface area contributed by atoms with Gasteiger partial charge in [0.25, 0.3) is 0 Å². The van der Waals surface area contributed by atoms with Crippen LogP contribution in [0.25, 0.3) is 0 Å². The number of hydrogen-bond acceptors (Lipinski definition) is 5. The van der Waals surface area contributed by atoms with E-state index in [9.17, 15) is 14.4 Å². The number of rotatable bonds is 6. The third-order valence-corrected chi connectivity index (χ3v) is 6.05. The Hall–Kier alpha value is -1.77. The van der Waals surface area contributed by atoms with Crippen molar-refractivity contribution in [2.45, 2.75) is 83.4 Å². The first-order chi connectivity index (χ1) is 12.3. The molecule has 0 aliphatic heterocycles. The van der Waals surface area contributed by atoms with Crippen LogP contribution < -0.4 is 16.4 Å². The standard InChI is InChI=1S/C18H35N3O5Si/c1-18(2,3)26-17(24)21-14-11-12(15(19)22)7-8-13(14)20-16(23)25-9-10-27(4,5)6/h12-14H,7-11H2,1-6H3,(H2,19,22)(H,20,23)(H,21,24)/t12-,13-,14-/m0/s1. The molecule has 1 rings (SSSR count). The molecule has 3 atom stereocenters. The molecule has 1 aliphatic carbocycles. The zero-order valence-corrected chi connectivity index (χ0v) is 18.4. The third kappa shape index (κ3) is 9.65. The molecule has 3 amide bonds. The second-order valence-corrected chi connectivity index (χ2v) is 15.0. The Balaban J connectivity index is 2.66. The van der Waals surface area contributed by atoms with Gasteiger partial charge in [0, 0.05) is 14.0 Å². The maximum Gasteiger partial charge on any atom is 0.407 e. The van der Waals surface area contributed by atoms with Crippen LogP contribution in [0.1, 0.15) is 40.0 Å². The summed E-state index contributed by atoms with van der Waals surface area (Å²) in [4.78, 5) is 35.8. The highest BCUT2D eigenvalue weighted by molar-refractivity contribution is 6.76. The number of alkyl carbamates (subject to hydrolysis) is 2. The number of hydrogen-bond donors (Lipinski definition) is 3. The van der Waals surface area contributed by atoms with E-state index in [0.717, 1.165) is 6.04 Å². The number of carbonyl (C=O) groups excluding carboxylic acids is 3.